The van der Waals surface area contributed by atoms with Crippen molar-refractivity contribution in [2.45, 2.75) is 12.8 Å². The van der Waals surface area contributed by atoms with Crippen LogP contribution in [0.5, 0.6) is 0 Å². The molecule has 0 spiro atoms. The molecule has 0 aliphatic carbocycles. The van der Waals surface area contributed by atoms with E-state index in [4.69, 9.17) is 5.73 Å². The molecule has 1 atom stereocenters. The van der Waals surface area contributed by atoms with Gasteiger partial charge in [-0.25, -0.2) is 0 Å². The van der Waals surface area contributed by atoms with Gasteiger partial charge < -0.3 is 5.73 Å². The van der Waals surface area contributed by atoms with Crippen LogP contribution in [0.15, 0.2) is 60.7 Å². The van der Waals surface area contributed by atoms with E-state index in [1.54, 1.807) is 4.68 Å². The number of hydrogen-bond donors (Lipinski definition) is 1. The van der Waals surface area contributed by atoms with Crippen molar-refractivity contribution in [2.75, 3.05) is 5.73 Å². The van der Waals surface area contributed by atoms with Crippen LogP contribution < -0.4 is 5.73 Å². The van der Waals surface area contributed by atoms with E-state index >= 15 is 0 Å². The van der Waals surface area contributed by atoms with Gasteiger partial charge in [0.05, 0.1) is 5.69 Å². The predicted octanol–water partition coefficient (Wildman–Crippen LogP) is 3.39. The van der Waals surface area contributed by atoms with Gasteiger partial charge in [0.1, 0.15) is 5.82 Å². The third kappa shape index (κ3) is 3.01. The standard InChI is InChI=1S/C19H19N3O/c1-13(17-12-18(20)22(2)21-17)15-9-6-10-16(11-15)19(23)14-7-4-3-5-8-14/h3-13H,20H2,1-2H3. The van der Waals surface area contributed by atoms with Gasteiger partial charge in [-0.2, -0.15) is 5.10 Å². The normalized spacial score (nSPS) is 12.1. The highest BCUT2D eigenvalue weighted by atomic mass is 16.1. The zero-order chi connectivity index (χ0) is 16.4. The maximum atomic E-state index is 12.6. The van der Waals surface area contributed by atoms with E-state index in [1.165, 1.54) is 0 Å². The topological polar surface area (TPSA) is 60.9 Å². The second-order valence-electron chi connectivity index (χ2n) is 5.66. The first kappa shape index (κ1) is 15.0. The summed E-state index contributed by atoms with van der Waals surface area (Å²) in [6, 6.07) is 18.9. The number of anilines is 1. The largest absolute Gasteiger partial charge is 0.384 e. The van der Waals surface area contributed by atoms with Crippen molar-refractivity contribution >= 4 is 11.6 Å². The Morgan fingerprint density at radius 3 is 2.39 bits per heavy atom. The number of hydrogen-bond acceptors (Lipinski definition) is 3. The van der Waals surface area contributed by atoms with Gasteiger partial charge in [0.15, 0.2) is 5.78 Å². The first-order valence-electron chi connectivity index (χ1n) is 7.55. The zero-order valence-corrected chi connectivity index (χ0v) is 13.2. The summed E-state index contributed by atoms with van der Waals surface area (Å²) in [6.45, 7) is 2.06. The summed E-state index contributed by atoms with van der Waals surface area (Å²) in [5, 5.41) is 4.43. The Balaban J connectivity index is 1.92. The van der Waals surface area contributed by atoms with Crippen LogP contribution in [0.25, 0.3) is 0 Å². The molecule has 1 heterocycles. The lowest BCUT2D eigenvalue weighted by molar-refractivity contribution is 0.103. The van der Waals surface area contributed by atoms with Gasteiger partial charge >= 0.3 is 0 Å². The fraction of sp³-hybridized carbons (Fsp3) is 0.158. The molecule has 0 fully saturated rings. The lowest BCUT2D eigenvalue weighted by atomic mass is 9.94. The third-order valence-electron chi connectivity index (χ3n) is 4.06. The van der Waals surface area contributed by atoms with Crippen LogP contribution in [-0.2, 0) is 7.05 Å². The highest BCUT2D eigenvalue weighted by Crippen LogP contribution is 2.25. The van der Waals surface area contributed by atoms with Gasteiger partial charge in [-0.15, -0.1) is 0 Å². The van der Waals surface area contributed by atoms with Crippen molar-refractivity contribution in [3.63, 3.8) is 0 Å². The number of benzene rings is 2. The molecule has 4 heteroatoms. The molecule has 2 N–H and O–H groups in total. The van der Waals surface area contributed by atoms with E-state index < -0.39 is 0 Å². The van der Waals surface area contributed by atoms with E-state index in [0.29, 0.717) is 16.9 Å². The second-order valence-corrected chi connectivity index (χ2v) is 5.66. The molecule has 3 aromatic rings. The van der Waals surface area contributed by atoms with Gasteiger partial charge in [0.2, 0.25) is 0 Å². The minimum Gasteiger partial charge on any atom is -0.384 e. The van der Waals surface area contributed by atoms with Crippen LogP contribution >= 0.6 is 0 Å². The molecular weight excluding hydrogens is 286 g/mol. The summed E-state index contributed by atoms with van der Waals surface area (Å²) in [5.41, 5.74) is 9.18. The van der Waals surface area contributed by atoms with Gasteiger partial charge in [0, 0.05) is 30.2 Å². The van der Waals surface area contributed by atoms with Gasteiger partial charge in [-0.1, -0.05) is 55.5 Å². The summed E-state index contributed by atoms with van der Waals surface area (Å²) in [6.07, 6.45) is 0. The predicted molar refractivity (Wildman–Crippen MR) is 91.5 cm³/mol. The number of nitrogens with zero attached hydrogens (tertiary/aromatic N) is 2. The molecule has 1 aromatic heterocycles. The summed E-state index contributed by atoms with van der Waals surface area (Å²) in [4.78, 5) is 12.6. The molecule has 3 rings (SSSR count). The van der Waals surface area contributed by atoms with E-state index in [2.05, 4.69) is 12.0 Å². The molecule has 2 aromatic carbocycles. The van der Waals surface area contributed by atoms with Gasteiger partial charge in [-0.05, 0) is 11.6 Å². The number of nitrogen functional groups attached to an aromatic ring is 1. The van der Waals surface area contributed by atoms with E-state index in [9.17, 15) is 4.79 Å². The number of aromatic nitrogens is 2. The molecule has 0 bridgehead atoms. The van der Waals surface area contributed by atoms with Crippen molar-refractivity contribution in [2.24, 2.45) is 7.05 Å². The fourth-order valence-electron chi connectivity index (χ4n) is 2.59. The Morgan fingerprint density at radius 2 is 1.74 bits per heavy atom. The first-order valence-corrected chi connectivity index (χ1v) is 7.55. The molecule has 23 heavy (non-hydrogen) atoms. The van der Waals surface area contributed by atoms with Crippen LogP contribution in [-0.4, -0.2) is 15.6 Å². The van der Waals surface area contributed by atoms with E-state index in [-0.39, 0.29) is 11.7 Å². The van der Waals surface area contributed by atoms with Crippen molar-refractivity contribution < 1.29 is 4.79 Å². The lowest BCUT2D eigenvalue weighted by Gasteiger charge is -2.10. The van der Waals surface area contributed by atoms with Crippen LogP contribution in [0.4, 0.5) is 5.82 Å². The quantitative estimate of drug-likeness (QED) is 0.752. The highest BCUT2D eigenvalue weighted by Gasteiger charge is 2.15. The minimum atomic E-state index is 0.0279. The summed E-state index contributed by atoms with van der Waals surface area (Å²) in [7, 11) is 1.82. The maximum absolute atomic E-state index is 12.6. The Labute approximate surface area is 135 Å². The summed E-state index contributed by atoms with van der Waals surface area (Å²) in [5.74, 6) is 0.727. The average Bonchev–Trinajstić information content (AvgIpc) is 2.93. The number of ketones is 1. The van der Waals surface area contributed by atoms with Gasteiger partial charge in [0.25, 0.3) is 0 Å². The van der Waals surface area contributed by atoms with Gasteiger partial charge in [-0.3, -0.25) is 9.48 Å². The molecular formula is C19H19N3O. The Kier molecular flexibility index (Phi) is 3.98. The summed E-state index contributed by atoms with van der Waals surface area (Å²) < 4.78 is 1.66. The molecule has 0 saturated heterocycles. The highest BCUT2D eigenvalue weighted by molar-refractivity contribution is 6.09. The van der Waals surface area contributed by atoms with Crippen molar-refractivity contribution in [1.82, 2.24) is 9.78 Å². The number of aryl methyl sites for hydroxylation is 1. The Hall–Kier alpha value is -2.88. The number of carbonyl (C=O) groups is 1. The number of rotatable bonds is 4. The molecule has 0 radical (unpaired) electrons. The molecule has 4 nitrogen and oxygen atoms in total. The number of carbonyl (C=O) groups excluding carboxylic acids is 1. The third-order valence-corrected chi connectivity index (χ3v) is 4.06. The molecule has 0 saturated carbocycles. The zero-order valence-electron chi connectivity index (χ0n) is 13.2. The molecule has 1 unspecified atom stereocenters. The maximum Gasteiger partial charge on any atom is 0.193 e. The van der Waals surface area contributed by atoms with Crippen molar-refractivity contribution in [1.29, 1.82) is 0 Å². The van der Waals surface area contributed by atoms with E-state index in [0.717, 1.165) is 11.3 Å². The molecule has 0 amide bonds. The monoisotopic (exact) mass is 305 g/mol. The molecule has 0 aliphatic rings. The Morgan fingerprint density at radius 1 is 1.04 bits per heavy atom. The van der Waals surface area contributed by atoms with E-state index in [1.807, 2.05) is 67.7 Å². The van der Waals surface area contributed by atoms with Crippen LogP contribution in [0.3, 0.4) is 0 Å². The molecule has 0 aliphatic heterocycles. The first-order chi connectivity index (χ1) is 11.1. The smallest absolute Gasteiger partial charge is 0.193 e. The second kappa shape index (κ2) is 6.08. The SMILES string of the molecule is CC(c1cccc(C(=O)c2ccccc2)c1)c1cc(N)n(C)n1. The van der Waals surface area contributed by atoms with Crippen LogP contribution in [0.2, 0.25) is 0 Å². The van der Waals surface area contributed by atoms with Crippen molar-refractivity contribution in [3.8, 4) is 0 Å². The minimum absolute atomic E-state index is 0.0279. The van der Waals surface area contributed by atoms with Crippen LogP contribution in [0.1, 0.15) is 40.0 Å². The lowest BCUT2D eigenvalue weighted by Crippen LogP contribution is -2.04. The average molecular weight is 305 g/mol. The number of nitrogens with two attached hydrogens (primary N) is 1. The molecule has 116 valence electrons. The summed E-state index contributed by atoms with van der Waals surface area (Å²) >= 11 is 0. The van der Waals surface area contributed by atoms with Crippen LogP contribution in [0, 0.1) is 0 Å². The Bertz CT molecular complexity index is 817. The van der Waals surface area contributed by atoms with Crippen molar-refractivity contribution in [3.05, 3.63) is 83.0 Å². The fourth-order valence-corrected chi connectivity index (χ4v) is 2.59.